The zero-order chi connectivity index (χ0) is 16.1. The van der Waals surface area contributed by atoms with Crippen molar-refractivity contribution in [2.75, 3.05) is 7.11 Å². The molecule has 0 aliphatic carbocycles. The van der Waals surface area contributed by atoms with Crippen LogP contribution in [0.3, 0.4) is 0 Å². The number of rotatable bonds is 6. The smallest absolute Gasteiger partial charge is 0.387 e. The molecule has 2 rings (SSSR count). The van der Waals surface area contributed by atoms with Gasteiger partial charge in [0.2, 0.25) is 0 Å². The number of carbonyl (C=O) groups excluding carboxylic acids is 1. The second-order valence-electron chi connectivity index (χ2n) is 4.39. The molecule has 6 heteroatoms. The Morgan fingerprint density at radius 3 is 2.59 bits per heavy atom. The normalized spacial score (nSPS) is 11.1. The van der Waals surface area contributed by atoms with Crippen molar-refractivity contribution in [3.8, 4) is 11.5 Å². The van der Waals surface area contributed by atoms with E-state index >= 15 is 0 Å². The molecule has 0 saturated heterocycles. The van der Waals surface area contributed by atoms with Gasteiger partial charge in [-0.15, -0.1) is 11.3 Å². The molecule has 0 bridgehead atoms. The van der Waals surface area contributed by atoms with Gasteiger partial charge in [0, 0.05) is 15.3 Å². The van der Waals surface area contributed by atoms with Gasteiger partial charge in [-0.3, -0.25) is 4.79 Å². The summed E-state index contributed by atoms with van der Waals surface area (Å²) in [7, 11) is 1.33. The highest BCUT2D eigenvalue weighted by Crippen LogP contribution is 2.29. The molecule has 0 spiro atoms. The first kappa shape index (κ1) is 16.2. The highest BCUT2D eigenvalue weighted by molar-refractivity contribution is 7.12. The maximum Gasteiger partial charge on any atom is 0.387 e. The van der Waals surface area contributed by atoms with Crippen LogP contribution >= 0.6 is 11.3 Å². The molecule has 0 amide bonds. The van der Waals surface area contributed by atoms with Crippen molar-refractivity contribution >= 4 is 23.2 Å². The Hall–Kier alpha value is -2.21. The summed E-state index contributed by atoms with van der Waals surface area (Å²) >= 11 is 1.57. The molecule has 0 unspecified atom stereocenters. The minimum atomic E-state index is -2.95. The van der Waals surface area contributed by atoms with E-state index in [4.69, 9.17) is 4.74 Å². The third-order valence-corrected chi connectivity index (χ3v) is 3.79. The first-order valence-corrected chi connectivity index (χ1v) is 7.23. The first-order valence-electron chi connectivity index (χ1n) is 6.41. The molecule has 0 aliphatic rings. The number of halogens is 2. The van der Waals surface area contributed by atoms with E-state index in [0.29, 0.717) is 5.56 Å². The van der Waals surface area contributed by atoms with Gasteiger partial charge in [-0.2, -0.15) is 8.78 Å². The van der Waals surface area contributed by atoms with E-state index < -0.39 is 6.61 Å². The predicted octanol–water partition coefficient (Wildman–Crippen LogP) is 4.56. The Balaban J connectivity index is 2.17. The molecular formula is C16H14F2O3S. The number of hydrogen-bond acceptors (Lipinski definition) is 4. The van der Waals surface area contributed by atoms with E-state index in [9.17, 15) is 13.6 Å². The number of ether oxygens (including phenoxy) is 2. The lowest BCUT2D eigenvalue weighted by molar-refractivity contribution is -0.0512. The van der Waals surface area contributed by atoms with Crippen molar-refractivity contribution in [3.63, 3.8) is 0 Å². The summed E-state index contributed by atoms with van der Waals surface area (Å²) in [4.78, 5) is 14.2. The predicted molar refractivity (Wildman–Crippen MR) is 82.0 cm³/mol. The molecule has 1 heterocycles. The maximum atomic E-state index is 12.3. The number of ketones is 1. The van der Waals surface area contributed by atoms with Crippen LogP contribution < -0.4 is 9.47 Å². The molecule has 0 aliphatic heterocycles. The third kappa shape index (κ3) is 4.14. The van der Waals surface area contributed by atoms with Gasteiger partial charge in [-0.25, -0.2) is 0 Å². The molecule has 0 atom stereocenters. The second-order valence-corrected chi connectivity index (χ2v) is 5.71. The lowest BCUT2D eigenvalue weighted by Crippen LogP contribution is -2.04. The first-order chi connectivity index (χ1) is 10.5. The van der Waals surface area contributed by atoms with Gasteiger partial charge < -0.3 is 9.47 Å². The second kappa shape index (κ2) is 7.17. The van der Waals surface area contributed by atoms with Gasteiger partial charge in [0.25, 0.3) is 0 Å². The molecule has 0 saturated carbocycles. The number of benzene rings is 1. The lowest BCUT2D eigenvalue weighted by Gasteiger charge is -2.10. The van der Waals surface area contributed by atoms with Gasteiger partial charge in [0.05, 0.1) is 7.11 Å². The van der Waals surface area contributed by atoms with Crippen molar-refractivity contribution in [1.29, 1.82) is 0 Å². The van der Waals surface area contributed by atoms with Crippen molar-refractivity contribution in [1.82, 2.24) is 0 Å². The van der Waals surface area contributed by atoms with E-state index in [1.165, 1.54) is 31.4 Å². The molecule has 1 aromatic heterocycles. The van der Waals surface area contributed by atoms with Crippen LogP contribution in [0, 0.1) is 6.92 Å². The van der Waals surface area contributed by atoms with Crippen LogP contribution in [0.25, 0.3) is 6.08 Å². The zero-order valence-electron chi connectivity index (χ0n) is 12.0. The van der Waals surface area contributed by atoms with Crippen LogP contribution in [0.1, 0.15) is 20.1 Å². The van der Waals surface area contributed by atoms with Crippen LogP contribution in [0.5, 0.6) is 11.5 Å². The van der Waals surface area contributed by atoms with Crippen LogP contribution in [0.4, 0.5) is 8.78 Å². The quantitative estimate of drug-likeness (QED) is 0.577. The Morgan fingerprint density at radius 1 is 1.23 bits per heavy atom. The Morgan fingerprint density at radius 2 is 2.00 bits per heavy atom. The highest BCUT2D eigenvalue weighted by Gasteiger charge is 2.13. The average molecular weight is 324 g/mol. The van der Waals surface area contributed by atoms with Crippen LogP contribution in [-0.4, -0.2) is 19.5 Å². The van der Waals surface area contributed by atoms with E-state index in [0.717, 1.165) is 9.75 Å². The topological polar surface area (TPSA) is 35.5 Å². The molecule has 22 heavy (non-hydrogen) atoms. The van der Waals surface area contributed by atoms with Crippen LogP contribution in [0.2, 0.25) is 0 Å². The fourth-order valence-corrected chi connectivity index (χ4v) is 2.59. The van der Waals surface area contributed by atoms with Crippen molar-refractivity contribution in [3.05, 3.63) is 51.7 Å². The number of hydrogen-bond donors (Lipinski definition) is 0. The standard InChI is InChI=1S/C16H14F2O3S/c1-10-3-5-12(22-10)6-7-13(19)11-4-8-14(21-16(17)18)15(9-11)20-2/h3-9,16H,1-2H3/b7-6+. The summed E-state index contributed by atoms with van der Waals surface area (Å²) in [5.74, 6) is -0.258. The van der Waals surface area contributed by atoms with Gasteiger partial charge in [0.1, 0.15) is 0 Å². The largest absolute Gasteiger partial charge is 0.493 e. The van der Waals surface area contributed by atoms with E-state index in [1.807, 2.05) is 19.1 Å². The molecule has 0 radical (unpaired) electrons. The molecule has 1 aromatic carbocycles. The molecule has 116 valence electrons. The SMILES string of the molecule is COc1cc(C(=O)/C=C/c2ccc(C)s2)ccc1OC(F)F. The Labute approximate surface area is 130 Å². The Kier molecular flexibility index (Phi) is 5.27. The molecule has 2 aromatic rings. The number of methoxy groups -OCH3 is 1. The van der Waals surface area contributed by atoms with Gasteiger partial charge in [-0.1, -0.05) is 0 Å². The van der Waals surface area contributed by atoms with Gasteiger partial charge in [0.15, 0.2) is 17.3 Å². The molecule has 3 nitrogen and oxygen atoms in total. The zero-order valence-corrected chi connectivity index (χ0v) is 12.8. The summed E-state index contributed by atoms with van der Waals surface area (Å²) in [6.45, 7) is -0.964. The van der Waals surface area contributed by atoms with E-state index in [1.54, 1.807) is 17.4 Å². The number of carbonyl (C=O) groups is 1. The number of thiophene rings is 1. The average Bonchev–Trinajstić information content (AvgIpc) is 2.90. The summed E-state index contributed by atoms with van der Waals surface area (Å²) in [6, 6.07) is 7.98. The van der Waals surface area contributed by atoms with Crippen molar-refractivity contribution < 1.29 is 23.0 Å². The van der Waals surface area contributed by atoms with Crippen molar-refractivity contribution in [2.45, 2.75) is 13.5 Å². The number of alkyl halides is 2. The Bertz CT molecular complexity index is 692. The third-order valence-electron chi connectivity index (χ3n) is 2.82. The van der Waals surface area contributed by atoms with Gasteiger partial charge in [-0.05, 0) is 49.4 Å². The van der Waals surface area contributed by atoms with E-state index in [2.05, 4.69) is 4.74 Å². The van der Waals surface area contributed by atoms with Gasteiger partial charge >= 0.3 is 6.61 Å². The molecule has 0 fully saturated rings. The molecule has 0 N–H and O–H groups in total. The minimum Gasteiger partial charge on any atom is -0.493 e. The summed E-state index contributed by atoms with van der Waals surface area (Å²) in [5.41, 5.74) is 0.336. The lowest BCUT2D eigenvalue weighted by atomic mass is 10.1. The summed E-state index contributed by atoms with van der Waals surface area (Å²) in [5, 5.41) is 0. The minimum absolute atomic E-state index is 0.0894. The summed E-state index contributed by atoms with van der Waals surface area (Å²) in [6.07, 6.45) is 3.16. The fraction of sp³-hybridized carbons (Fsp3) is 0.188. The maximum absolute atomic E-state index is 12.3. The number of allylic oxidation sites excluding steroid dienone is 1. The molecular weight excluding hydrogens is 310 g/mol. The van der Waals surface area contributed by atoms with Crippen molar-refractivity contribution in [2.24, 2.45) is 0 Å². The van der Waals surface area contributed by atoms with Crippen LogP contribution in [0.15, 0.2) is 36.4 Å². The number of aryl methyl sites for hydroxylation is 1. The summed E-state index contributed by atoms with van der Waals surface area (Å²) < 4.78 is 33.8. The monoisotopic (exact) mass is 324 g/mol. The van der Waals surface area contributed by atoms with Crippen LogP contribution in [-0.2, 0) is 0 Å². The fourth-order valence-electron chi connectivity index (χ4n) is 1.81. The van der Waals surface area contributed by atoms with E-state index in [-0.39, 0.29) is 17.3 Å². The highest BCUT2D eigenvalue weighted by atomic mass is 32.1.